The molecule has 0 saturated carbocycles. The summed E-state index contributed by atoms with van der Waals surface area (Å²) < 4.78 is 10.7. The third-order valence-corrected chi connectivity index (χ3v) is 3.85. The van der Waals surface area contributed by atoms with Crippen molar-refractivity contribution in [3.8, 4) is 11.5 Å². The van der Waals surface area contributed by atoms with Gasteiger partial charge in [0, 0.05) is 17.4 Å². The maximum atomic E-state index is 5.38. The number of anilines is 4. The van der Waals surface area contributed by atoms with E-state index in [0.717, 1.165) is 23.5 Å². The molecule has 0 atom stereocenters. The Bertz CT molecular complexity index is 900. The molecule has 7 heteroatoms. The molecular weight excluding hydrogens is 318 g/mol. The fourth-order valence-corrected chi connectivity index (χ4v) is 2.61. The van der Waals surface area contributed by atoms with E-state index in [1.54, 1.807) is 6.20 Å². The van der Waals surface area contributed by atoms with Gasteiger partial charge in [0.15, 0.2) is 17.3 Å². The number of para-hydroxylation sites is 1. The highest BCUT2D eigenvalue weighted by Gasteiger charge is 2.13. The molecule has 0 bridgehead atoms. The van der Waals surface area contributed by atoms with Gasteiger partial charge >= 0.3 is 0 Å². The van der Waals surface area contributed by atoms with Gasteiger partial charge in [-0.2, -0.15) is 10.1 Å². The third kappa shape index (κ3) is 3.30. The third-order valence-electron chi connectivity index (χ3n) is 3.85. The van der Waals surface area contributed by atoms with Crippen LogP contribution in [0.15, 0.2) is 48.7 Å². The van der Waals surface area contributed by atoms with Crippen LogP contribution in [0.1, 0.15) is 12.5 Å². The Morgan fingerprint density at radius 3 is 2.84 bits per heavy atom. The predicted molar refractivity (Wildman–Crippen MR) is 94.8 cm³/mol. The number of nitrogens with one attached hydrogen (secondary N) is 2. The van der Waals surface area contributed by atoms with Crippen molar-refractivity contribution in [1.82, 2.24) is 15.2 Å². The molecule has 4 rings (SSSR count). The van der Waals surface area contributed by atoms with Gasteiger partial charge in [-0.15, -0.1) is 5.10 Å². The second-order valence-electron chi connectivity index (χ2n) is 5.49. The maximum absolute atomic E-state index is 5.38. The molecule has 126 valence electrons. The van der Waals surface area contributed by atoms with Crippen molar-refractivity contribution < 1.29 is 9.47 Å². The SMILES string of the molecule is CCc1ccccc1Nc1nncc(Nc2ccc3c(c2)OCO3)n1. The first kappa shape index (κ1) is 15.2. The van der Waals surface area contributed by atoms with Crippen LogP contribution in [-0.4, -0.2) is 22.0 Å². The summed E-state index contributed by atoms with van der Waals surface area (Å²) in [5, 5.41) is 14.5. The first-order chi connectivity index (χ1) is 12.3. The van der Waals surface area contributed by atoms with E-state index in [-0.39, 0.29) is 6.79 Å². The Kier molecular flexibility index (Phi) is 4.04. The molecule has 2 N–H and O–H groups in total. The van der Waals surface area contributed by atoms with E-state index in [1.165, 1.54) is 5.56 Å². The smallest absolute Gasteiger partial charge is 0.249 e. The number of fused-ring (bicyclic) bond motifs is 1. The average Bonchev–Trinajstić information content (AvgIpc) is 3.10. The molecular formula is C18H17N5O2. The van der Waals surface area contributed by atoms with E-state index in [1.807, 2.05) is 36.4 Å². The number of rotatable bonds is 5. The molecule has 0 spiro atoms. The van der Waals surface area contributed by atoms with Crippen LogP contribution >= 0.6 is 0 Å². The quantitative estimate of drug-likeness (QED) is 0.736. The number of aryl methyl sites for hydroxylation is 1. The second kappa shape index (κ2) is 6.64. The summed E-state index contributed by atoms with van der Waals surface area (Å²) in [6, 6.07) is 13.7. The molecule has 0 saturated heterocycles. The lowest BCUT2D eigenvalue weighted by molar-refractivity contribution is 0.174. The normalized spacial score (nSPS) is 12.0. The first-order valence-corrected chi connectivity index (χ1v) is 8.03. The first-order valence-electron chi connectivity index (χ1n) is 8.03. The monoisotopic (exact) mass is 335 g/mol. The lowest BCUT2D eigenvalue weighted by Gasteiger charge is -2.10. The fraction of sp³-hybridized carbons (Fsp3) is 0.167. The molecule has 1 aliphatic heterocycles. The Labute approximate surface area is 145 Å². The molecule has 0 amide bonds. The summed E-state index contributed by atoms with van der Waals surface area (Å²) >= 11 is 0. The van der Waals surface area contributed by atoms with Crippen LogP contribution in [0.3, 0.4) is 0 Å². The Morgan fingerprint density at radius 1 is 1.04 bits per heavy atom. The van der Waals surface area contributed by atoms with Crippen LogP contribution < -0.4 is 20.1 Å². The predicted octanol–water partition coefficient (Wildman–Crippen LogP) is 3.65. The molecule has 25 heavy (non-hydrogen) atoms. The van der Waals surface area contributed by atoms with Crippen molar-refractivity contribution >= 4 is 23.1 Å². The Hall–Kier alpha value is -3.35. The van der Waals surface area contributed by atoms with E-state index in [2.05, 4.69) is 38.8 Å². The maximum Gasteiger partial charge on any atom is 0.249 e. The topological polar surface area (TPSA) is 81.2 Å². The summed E-state index contributed by atoms with van der Waals surface area (Å²) in [7, 11) is 0. The van der Waals surface area contributed by atoms with Gasteiger partial charge in [0.25, 0.3) is 0 Å². The number of aromatic nitrogens is 3. The van der Waals surface area contributed by atoms with Gasteiger partial charge in [0.2, 0.25) is 12.7 Å². The minimum atomic E-state index is 0.249. The van der Waals surface area contributed by atoms with Gasteiger partial charge in [-0.25, -0.2) is 0 Å². The van der Waals surface area contributed by atoms with Crippen LogP contribution in [0.4, 0.5) is 23.1 Å². The summed E-state index contributed by atoms with van der Waals surface area (Å²) in [5.74, 6) is 2.48. The van der Waals surface area contributed by atoms with Gasteiger partial charge in [-0.3, -0.25) is 0 Å². The van der Waals surface area contributed by atoms with Crippen LogP contribution in [0.2, 0.25) is 0 Å². The summed E-state index contributed by atoms with van der Waals surface area (Å²) in [4.78, 5) is 4.46. The lowest BCUT2D eigenvalue weighted by Crippen LogP contribution is -2.03. The van der Waals surface area contributed by atoms with E-state index in [9.17, 15) is 0 Å². The minimum Gasteiger partial charge on any atom is -0.454 e. The molecule has 0 aliphatic carbocycles. The van der Waals surface area contributed by atoms with Crippen LogP contribution in [0, 0.1) is 0 Å². The summed E-state index contributed by atoms with van der Waals surface area (Å²) in [6.07, 6.45) is 2.49. The highest BCUT2D eigenvalue weighted by Crippen LogP contribution is 2.34. The van der Waals surface area contributed by atoms with Gasteiger partial charge in [0.05, 0.1) is 6.20 Å². The van der Waals surface area contributed by atoms with Crippen molar-refractivity contribution in [3.05, 3.63) is 54.2 Å². The summed E-state index contributed by atoms with van der Waals surface area (Å²) in [5.41, 5.74) is 3.01. The number of hydrogen-bond donors (Lipinski definition) is 2. The zero-order chi connectivity index (χ0) is 17.1. The Balaban J connectivity index is 1.53. The zero-order valence-electron chi connectivity index (χ0n) is 13.7. The van der Waals surface area contributed by atoms with Gasteiger partial charge < -0.3 is 20.1 Å². The Morgan fingerprint density at radius 2 is 1.92 bits per heavy atom. The highest BCUT2D eigenvalue weighted by molar-refractivity contribution is 5.63. The zero-order valence-corrected chi connectivity index (χ0v) is 13.7. The van der Waals surface area contributed by atoms with Gasteiger partial charge in [-0.05, 0) is 30.2 Å². The lowest BCUT2D eigenvalue weighted by atomic mass is 10.1. The minimum absolute atomic E-state index is 0.249. The number of hydrogen-bond acceptors (Lipinski definition) is 7. The molecule has 2 heterocycles. The van der Waals surface area contributed by atoms with Gasteiger partial charge in [0.1, 0.15) is 0 Å². The van der Waals surface area contributed by atoms with Crippen molar-refractivity contribution in [2.24, 2.45) is 0 Å². The highest BCUT2D eigenvalue weighted by atomic mass is 16.7. The van der Waals surface area contributed by atoms with E-state index >= 15 is 0 Å². The fourth-order valence-electron chi connectivity index (χ4n) is 2.61. The largest absolute Gasteiger partial charge is 0.454 e. The van der Waals surface area contributed by atoms with Crippen LogP contribution in [0.5, 0.6) is 11.5 Å². The van der Waals surface area contributed by atoms with Crippen LogP contribution in [0.25, 0.3) is 0 Å². The van der Waals surface area contributed by atoms with E-state index < -0.39 is 0 Å². The number of ether oxygens (including phenoxy) is 2. The van der Waals surface area contributed by atoms with Crippen molar-refractivity contribution in [2.45, 2.75) is 13.3 Å². The van der Waals surface area contributed by atoms with Crippen molar-refractivity contribution in [3.63, 3.8) is 0 Å². The van der Waals surface area contributed by atoms with Gasteiger partial charge in [-0.1, -0.05) is 25.1 Å². The van der Waals surface area contributed by atoms with E-state index in [4.69, 9.17) is 9.47 Å². The van der Waals surface area contributed by atoms with Crippen molar-refractivity contribution in [1.29, 1.82) is 0 Å². The van der Waals surface area contributed by atoms with Crippen molar-refractivity contribution in [2.75, 3.05) is 17.4 Å². The second-order valence-corrected chi connectivity index (χ2v) is 5.49. The molecule has 2 aromatic carbocycles. The molecule has 0 radical (unpaired) electrons. The molecule has 0 fully saturated rings. The molecule has 0 unspecified atom stereocenters. The average molecular weight is 335 g/mol. The standard InChI is InChI=1S/C18H17N5O2/c1-2-12-5-3-4-6-14(12)21-18-22-17(10-19-23-18)20-13-7-8-15-16(9-13)25-11-24-15/h3-10H,2,11H2,1H3,(H2,20,21,22,23). The molecule has 7 nitrogen and oxygen atoms in total. The molecule has 3 aromatic rings. The molecule has 1 aromatic heterocycles. The number of benzene rings is 2. The summed E-state index contributed by atoms with van der Waals surface area (Å²) in [6.45, 7) is 2.36. The number of nitrogens with zero attached hydrogens (tertiary/aromatic N) is 3. The van der Waals surface area contributed by atoms with E-state index in [0.29, 0.717) is 17.5 Å². The molecule has 1 aliphatic rings. The van der Waals surface area contributed by atoms with Crippen LogP contribution in [-0.2, 0) is 6.42 Å².